The standard InChI is InChI=1S/C10H18N2O4/c1-10(3-4-10)11-9(15)12(5-6-16-2)7-8(13)14/h3-7H2,1-2H3,(H,11,15)(H,13,14). The first-order valence-electron chi connectivity index (χ1n) is 5.25. The summed E-state index contributed by atoms with van der Waals surface area (Å²) in [4.78, 5) is 23.6. The minimum Gasteiger partial charge on any atom is -0.480 e. The van der Waals surface area contributed by atoms with Crippen molar-refractivity contribution in [2.45, 2.75) is 25.3 Å². The molecule has 1 aliphatic carbocycles. The smallest absolute Gasteiger partial charge is 0.323 e. The lowest BCUT2D eigenvalue weighted by Gasteiger charge is -2.23. The van der Waals surface area contributed by atoms with Crippen molar-refractivity contribution in [2.75, 3.05) is 26.8 Å². The van der Waals surface area contributed by atoms with Crippen LogP contribution >= 0.6 is 0 Å². The van der Waals surface area contributed by atoms with Crippen LogP contribution in [-0.2, 0) is 9.53 Å². The van der Waals surface area contributed by atoms with E-state index >= 15 is 0 Å². The number of nitrogens with one attached hydrogen (secondary N) is 1. The Morgan fingerprint density at radius 2 is 2.12 bits per heavy atom. The molecule has 1 fully saturated rings. The zero-order valence-electron chi connectivity index (χ0n) is 9.65. The van der Waals surface area contributed by atoms with Crippen molar-refractivity contribution in [3.05, 3.63) is 0 Å². The Labute approximate surface area is 94.6 Å². The third kappa shape index (κ3) is 4.06. The molecule has 0 spiro atoms. The summed E-state index contributed by atoms with van der Waals surface area (Å²) in [6.07, 6.45) is 1.90. The van der Waals surface area contributed by atoms with E-state index in [2.05, 4.69) is 5.32 Å². The highest BCUT2D eigenvalue weighted by molar-refractivity contribution is 5.80. The Kier molecular flexibility index (Phi) is 4.12. The Bertz CT molecular complexity index is 276. The molecule has 6 heteroatoms. The number of hydrogen-bond acceptors (Lipinski definition) is 3. The number of hydrogen-bond donors (Lipinski definition) is 2. The average molecular weight is 230 g/mol. The van der Waals surface area contributed by atoms with Gasteiger partial charge in [-0.25, -0.2) is 4.79 Å². The summed E-state index contributed by atoms with van der Waals surface area (Å²) in [6.45, 7) is 2.26. The van der Waals surface area contributed by atoms with Gasteiger partial charge in [-0.05, 0) is 19.8 Å². The van der Waals surface area contributed by atoms with Crippen LogP contribution in [0.2, 0.25) is 0 Å². The number of urea groups is 1. The van der Waals surface area contributed by atoms with Crippen molar-refractivity contribution in [2.24, 2.45) is 0 Å². The molecule has 2 N–H and O–H groups in total. The number of amides is 2. The Morgan fingerprint density at radius 3 is 2.56 bits per heavy atom. The van der Waals surface area contributed by atoms with Crippen LogP contribution < -0.4 is 5.32 Å². The van der Waals surface area contributed by atoms with E-state index in [1.165, 1.54) is 12.0 Å². The fraction of sp³-hybridized carbons (Fsp3) is 0.800. The van der Waals surface area contributed by atoms with Crippen LogP contribution in [0.1, 0.15) is 19.8 Å². The Balaban J connectivity index is 2.45. The predicted molar refractivity (Wildman–Crippen MR) is 57.3 cm³/mol. The molecule has 0 atom stereocenters. The summed E-state index contributed by atoms with van der Waals surface area (Å²) in [6, 6.07) is -0.334. The molecule has 0 radical (unpaired) electrons. The molecule has 92 valence electrons. The summed E-state index contributed by atoms with van der Waals surface area (Å²) >= 11 is 0. The summed E-state index contributed by atoms with van der Waals surface area (Å²) < 4.78 is 4.84. The molecule has 2 amide bonds. The minimum atomic E-state index is -1.02. The number of ether oxygens (including phenoxy) is 1. The average Bonchev–Trinajstić information content (AvgIpc) is 2.89. The fourth-order valence-electron chi connectivity index (χ4n) is 1.27. The number of rotatable bonds is 6. The van der Waals surface area contributed by atoms with E-state index in [-0.39, 0.29) is 24.7 Å². The van der Waals surface area contributed by atoms with Crippen molar-refractivity contribution in [1.29, 1.82) is 0 Å². The first-order chi connectivity index (χ1) is 7.47. The molecule has 0 heterocycles. The van der Waals surface area contributed by atoms with Gasteiger partial charge in [-0.2, -0.15) is 0 Å². The lowest BCUT2D eigenvalue weighted by molar-refractivity contribution is -0.137. The quantitative estimate of drug-likeness (QED) is 0.687. The number of carbonyl (C=O) groups excluding carboxylic acids is 1. The summed E-state index contributed by atoms with van der Waals surface area (Å²) in [7, 11) is 1.51. The zero-order valence-corrected chi connectivity index (χ0v) is 9.65. The lowest BCUT2D eigenvalue weighted by atomic mass is 10.3. The van der Waals surface area contributed by atoms with E-state index in [0.717, 1.165) is 12.8 Å². The summed E-state index contributed by atoms with van der Waals surface area (Å²) in [5.41, 5.74) is -0.138. The topological polar surface area (TPSA) is 78.9 Å². The van der Waals surface area contributed by atoms with Gasteiger partial charge in [0, 0.05) is 19.2 Å². The molecule has 1 aliphatic rings. The van der Waals surface area contributed by atoms with Crippen LogP contribution in [-0.4, -0.2) is 54.4 Å². The maximum Gasteiger partial charge on any atom is 0.323 e. The van der Waals surface area contributed by atoms with Gasteiger partial charge in [0.1, 0.15) is 6.54 Å². The molecule has 6 nitrogen and oxygen atoms in total. The molecule has 1 saturated carbocycles. The van der Waals surface area contributed by atoms with Gasteiger partial charge in [0.15, 0.2) is 0 Å². The van der Waals surface area contributed by atoms with E-state index in [0.29, 0.717) is 6.61 Å². The molecule has 0 saturated heterocycles. The van der Waals surface area contributed by atoms with Crippen molar-refractivity contribution in [1.82, 2.24) is 10.2 Å². The van der Waals surface area contributed by atoms with Gasteiger partial charge in [0.25, 0.3) is 0 Å². The monoisotopic (exact) mass is 230 g/mol. The van der Waals surface area contributed by atoms with Gasteiger partial charge < -0.3 is 20.1 Å². The van der Waals surface area contributed by atoms with Crippen molar-refractivity contribution in [3.8, 4) is 0 Å². The van der Waals surface area contributed by atoms with Crippen LogP contribution in [0.3, 0.4) is 0 Å². The van der Waals surface area contributed by atoms with Gasteiger partial charge >= 0.3 is 12.0 Å². The molecule has 0 aromatic rings. The van der Waals surface area contributed by atoms with Crippen molar-refractivity contribution in [3.63, 3.8) is 0 Å². The maximum absolute atomic E-state index is 11.7. The van der Waals surface area contributed by atoms with Crippen LogP contribution in [0.5, 0.6) is 0 Å². The Morgan fingerprint density at radius 1 is 1.50 bits per heavy atom. The minimum absolute atomic E-state index is 0.138. The second kappa shape index (κ2) is 5.16. The second-order valence-corrected chi connectivity index (χ2v) is 4.30. The van der Waals surface area contributed by atoms with Crippen LogP contribution in [0.4, 0.5) is 4.79 Å². The normalized spacial score (nSPS) is 16.6. The van der Waals surface area contributed by atoms with Gasteiger partial charge in [-0.15, -0.1) is 0 Å². The van der Waals surface area contributed by atoms with Gasteiger partial charge in [-0.1, -0.05) is 0 Å². The zero-order chi connectivity index (χ0) is 12.2. The van der Waals surface area contributed by atoms with Gasteiger partial charge in [-0.3, -0.25) is 4.79 Å². The number of aliphatic carboxylic acids is 1. The van der Waals surface area contributed by atoms with Gasteiger partial charge in [0.2, 0.25) is 0 Å². The molecule has 0 aromatic heterocycles. The second-order valence-electron chi connectivity index (χ2n) is 4.30. The molecular weight excluding hydrogens is 212 g/mol. The predicted octanol–water partition coefficient (Wildman–Crippen LogP) is 0.281. The van der Waals surface area contributed by atoms with E-state index in [9.17, 15) is 9.59 Å². The van der Waals surface area contributed by atoms with E-state index in [4.69, 9.17) is 9.84 Å². The largest absolute Gasteiger partial charge is 0.480 e. The van der Waals surface area contributed by atoms with E-state index < -0.39 is 5.97 Å². The number of carboxylic acid groups (broad SMARTS) is 1. The number of nitrogens with zero attached hydrogens (tertiary/aromatic N) is 1. The van der Waals surface area contributed by atoms with E-state index in [1.807, 2.05) is 6.92 Å². The lowest BCUT2D eigenvalue weighted by Crippen LogP contribution is -2.48. The third-order valence-corrected chi connectivity index (χ3v) is 2.59. The van der Waals surface area contributed by atoms with Crippen LogP contribution in [0, 0.1) is 0 Å². The summed E-state index contributed by atoms with van der Waals surface area (Å²) in [5, 5.41) is 11.5. The molecule has 0 unspecified atom stereocenters. The molecule has 0 aromatic carbocycles. The highest BCUT2D eigenvalue weighted by Crippen LogP contribution is 2.34. The SMILES string of the molecule is COCCN(CC(=O)O)C(=O)NC1(C)CC1. The Hall–Kier alpha value is -1.30. The highest BCUT2D eigenvalue weighted by Gasteiger charge is 2.39. The first-order valence-corrected chi connectivity index (χ1v) is 5.25. The maximum atomic E-state index is 11.7. The molecule has 1 rings (SSSR count). The number of carboxylic acids is 1. The molecule has 0 bridgehead atoms. The van der Waals surface area contributed by atoms with Crippen LogP contribution in [0.15, 0.2) is 0 Å². The molecule has 0 aliphatic heterocycles. The third-order valence-electron chi connectivity index (χ3n) is 2.59. The fourth-order valence-corrected chi connectivity index (χ4v) is 1.27. The molecule has 16 heavy (non-hydrogen) atoms. The number of carbonyl (C=O) groups is 2. The van der Waals surface area contributed by atoms with Crippen molar-refractivity contribution < 1.29 is 19.4 Å². The highest BCUT2D eigenvalue weighted by atomic mass is 16.5. The molecular formula is C10H18N2O4. The van der Waals surface area contributed by atoms with E-state index in [1.54, 1.807) is 0 Å². The summed E-state index contributed by atoms with van der Waals surface area (Å²) in [5.74, 6) is -1.02. The van der Waals surface area contributed by atoms with Crippen molar-refractivity contribution >= 4 is 12.0 Å². The first kappa shape index (κ1) is 12.8. The number of methoxy groups -OCH3 is 1. The van der Waals surface area contributed by atoms with Gasteiger partial charge in [0.05, 0.1) is 6.61 Å². The van der Waals surface area contributed by atoms with Crippen LogP contribution in [0.25, 0.3) is 0 Å².